The Hall–Kier alpha value is -1.68. The fourth-order valence-corrected chi connectivity index (χ4v) is 2.26. The van der Waals surface area contributed by atoms with Gasteiger partial charge in [0.2, 0.25) is 11.8 Å². The molecule has 7 nitrogen and oxygen atoms in total. The van der Waals surface area contributed by atoms with Crippen LogP contribution in [0.1, 0.15) is 5.56 Å². The third-order valence-corrected chi connectivity index (χ3v) is 3.27. The Labute approximate surface area is 127 Å². The van der Waals surface area contributed by atoms with Gasteiger partial charge >= 0.3 is 7.32 Å². The SMILES string of the molecule is C=CC(=O)N(C)CC(=O)N[C@H](Cc1ccsc1)OB(O)O. The highest BCUT2D eigenvalue weighted by Crippen LogP contribution is 2.09. The molecule has 1 aromatic rings. The Balaban J connectivity index is 2.57. The minimum atomic E-state index is -2.00. The van der Waals surface area contributed by atoms with Crippen molar-refractivity contribution < 1.29 is 24.3 Å². The van der Waals surface area contributed by atoms with Crippen LogP contribution in [0, 0.1) is 0 Å². The second-order valence-electron chi connectivity index (χ2n) is 4.25. The van der Waals surface area contributed by atoms with E-state index in [2.05, 4.69) is 11.9 Å². The molecule has 1 aromatic heterocycles. The molecule has 2 amide bonds. The summed E-state index contributed by atoms with van der Waals surface area (Å²) < 4.78 is 4.82. The first-order valence-electron chi connectivity index (χ1n) is 6.12. The number of carbonyl (C=O) groups excluding carboxylic acids is 2. The van der Waals surface area contributed by atoms with E-state index in [0.717, 1.165) is 11.6 Å². The number of hydrogen-bond donors (Lipinski definition) is 3. The van der Waals surface area contributed by atoms with Gasteiger partial charge in [-0.25, -0.2) is 0 Å². The average Bonchev–Trinajstić information content (AvgIpc) is 2.89. The van der Waals surface area contributed by atoms with Crippen LogP contribution in [0.25, 0.3) is 0 Å². The summed E-state index contributed by atoms with van der Waals surface area (Å²) in [5.41, 5.74) is 0.890. The van der Waals surface area contributed by atoms with E-state index in [4.69, 9.17) is 14.7 Å². The van der Waals surface area contributed by atoms with Crippen molar-refractivity contribution in [3.63, 3.8) is 0 Å². The Morgan fingerprint density at radius 1 is 1.62 bits per heavy atom. The van der Waals surface area contributed by atoms with Gasteiger partial charge < -0.3 is 24.9 Å². The maximum absolute atomic E-state index is 11.8. The quantitative estimate of drug-likeness (QED) is 0.337. The van der Waals surface area contributed by atoms with Crippen LogP contribution < -0.4 is 5.32 Å². The highest BCUT2D eigenvalue weighted by molar-refractivity contribution is 7.07. The predicted octanol–water partition coefficient (Wildman–Crippen LogP) is -0.637. The monoisotopic (exact) mass is 312 g/mol. The van der Waals surface area contributed by atoms with Gasteiger partial charge in [-0.2, -0.15) is 11.3 Å². The van der Waals surface area contributed by atoms with Gasteiger partial charge in [0.15, 0.2) is 0 Å². The van der Waals surface area contributed by atoms with Crippen molar-refractivity contribution in [3.8, 4) is 0 Å². The molecule has 0 fully saturated rings. The number of hydrogen-bond acceptors (Lipinski definition) is 6. The molecule has 0 unspecified atom stereocenters. The summed E-state index contributed by atoms with van der Waals surface area (Å²) in [6, 6.07) is 1.84. The van der Waals surface area contributed by atoms with E-state index in [-0.39, 0.29) is 18.9 Å². The highest BCUT2D eigenvalue weighted by atomic mass is 32.1. The average molecular weight is 312 g/mol. The smallest absolute Gasteiger partial charge is 0.402 e. The van der Waals surface area contributed by atoms with Gasteiger partial charge in [-0.15, -0.1) is 0 Å². The maximum Gasteiger partial charge on any atom is 0.635 e. The molecule has 0 aliphatic heterocycles. The van der Waals surface area contributed by atoms with Crippen molar-refractivity contribution in [2.45, 2.75) is 12.6 Å². The molecule has 114 valence electrons. The second-order valence-corrected chi connectivity index (χ2v) is 5.03. The minimum Gasteiger partial charge on any atom is -0.402 e. The number of carbonyl (C=O) groups is 2. The van der Waals surface area contributed by atoms with Gasteiger partial charge in [-0.3, -0.25) is 9.59 Å². The lowest BCUT2D eigenvalue weighted by Gasteiger charge is -2.21. The molecule has 3 N–H and O–H groups in total. The third kappa shape index (κ3) is 6.54. The van der Waals surface area contributed by atoms with Crippen LogP contribution >= 0.6 is 11.3 Å². The fourth-order valence-electron chi connectivity index (χ4n) is 1.58. The standard InChI is InChI=1S/C12H17BN2O5S/c1-3-12(17)15(2)7-10(16)14-11(20-13(18)19)6-9-4-5-21-8-9/h3-5,8,11,18-19H,1,6-7H2,2H3,(H,14,16)/t11-/m0/s1. The fraction of sp³-hybridized carbons (Fsp3) is 0.333. The van der Waals surface area contributed by atoms with Gasteiger partial charge in [-0.05, 0) is 28.5 Å². The number of nitrogens with zero attached hydrogens (tertiary/aromatic N) is 1. The summed E-state index contributed by atoms with van der Waals surface area (Å²) in [5.74, 6) is -0.865. The molecule has 1 atom stereocenters. The van der Waals surface area contributed by atoms with E-state index >= 15 is 0 Å². The van der Waals surface area contributed by atoms with Crippen LogP contribution in [0.15, 0.2) is 29.5 Å². The lowest BCUT2D eigenvalue weighted by molar-refractivity contribution is -0.132. The van der Waals surface area contributed by atoms with E-state index in [1.807, 2.05) is 16.8 Å². The van der Waals surface area contributed by atoms with E-state index in [9.17, 15) is 9.59 Å². The highest BCUT2D eigenvalue weighted by Gasteiger charge is 2.21. The van der Waals surface area contributed by atoms with Crippen molar-refractivity contribution in [3.05, 3.63) is 35.0 Å². The van der Waals surface area contributed by atoms with Crippen molar-refractivity contribution >= 4 is 30.5 Å². The lowest BCUT2D eigenvalue weighted by Crippen LogP contribution is -2.46. The first-order chi connectivity index (χ1) is 9.92. The molecule has 0 radical (unpaired) electrons. The number of amides is 2. The summed E-state index contributed by atoms with van der Waals surface area (Å²) in [6.07, 6.45) is 0.482. The van der Waals surface area contributed by atoms with Crippen LogP contribution in [0.2, 0.25) is 0 Å². The zero-order valence-electron chi connectivity index (χ0n) is 11.6. The molecule has 1 heterocycles. The van der Waals surface area contributed by atoms with Crippen LogP contribution in [0.3, 0.4) is 0 Å². The summed E-state index contributed by atoms with van der Waals surface area (Å²) >= 11 is 1.48. The Morgan fingerprint density at radius 2 is 2.33 bits per heavy atom. The maximum atomic E-state index is 11.8. The number of thiophene rings is 1. The van der Waals surface area contributed by atoms with Gasteiger partial charge in [0.25, 0.3) is 0 Å². The Morgan fingerprint density at radius 3 is 2.86 bits per heavy atom. The normalized spacial score (nSPS) is 11.6. The van der Waals surface area contributed by atoms with Crippen molar-refractivity contribution in [2.75, 3.05) is 13.6 Å². The molecule has 0 saturated carbocycles. The van der Waals surface area contributed by atoms with Gasteiger partial charge in [0.1, 0.15) is 6.23 Å². The number of rotatable bonds is 8. The van der Waals surface area contributed by atoms with Crippen molar-refractivity contribution in [1.82, 2.24) is 10.2 Å². The van der Waals surface area contributed by atoms with Crippen molar-refractivity contribution in [1.29, 1.82) is 0 Å². The van der Waals surface area contributed by atoms with Gasteiger partial charge in [-0.1, -0.05) is 6.58 Å². The third-order valence-electron chi connectivity index (χ3n) is 2.54. The molecule has 0 spiro atoms. The molecular weight excluding hydrogens is 295 g/mol. The summed E-state index contributed by atoms with van der Waals surface area (Å²) in [4.78, 5) is 24.3. The second kappa shape index (κ2) is 8.58. The largest absolute Gasteiger partial charge is 0.635 e. The first-order valence-corrected chi connectivity index (χ1v) is 7.06. The summed E-state index contributed by atoms with van der Waals surface area (Å²) in [6.45, 7) is 3.14. The number of likely N-dealkylation sites (N-methyl/N-ethyl adjacent to an activating group) is 1. The molecule has 0 aliphatic rings. The van der Waals surface area contributed by atoms with Crippen LogP contribution in [0.4, 0.5) is 0 Å². The minimum absolute atomic E-state index is 0.185. The summed E-state index contributed by atoms with van der Waals surface area (Å²) in [7, 11) is -0.541. The summed E-state index contributed by atoms with van der Waals surface area (Å²) in [5, 5.41) is 24.0. The van der Waals surface area contributed by atoms with Crippen LogP contribution in [-0.2, 0) is 20.7 Å². The number of nitrogens with one attached hydrogen (secondary N) is 1. The molecule has 0 saturated heterocycles. The molecule has 0 aliphatic carbocycles. The van der Waals surface area contributed by atoms with E-state index in [1.165, 1.54) is 23.3 Å². The lowest BCUT2D eigenvalue weighted by atomic mass is 10.2. The molecule has 21 heavy (non-hydrogen) atoms. The van der Waals surface area contributed by atoms with Gasteiger partial charge in [0, 0.05) is 13.5 Å². The van der Waals surface area contributed by atoms with E-state index < -0.39 is 19.5 Å². The van der Waals surface area contributed by atoms with E-state index in [1.54, 1.807) is 0 Å². The van der Waals surface area contributed by atoms with Gasteiger partial charge in [0.05, 0.1) is 6.54 Å². The van der Waals surface area contributed by atoms with E-state index in [0.29, 0.717) is 0 Å². The Kier molecular flexibility index (Phi) is 7.10. The molecular formula is C12H17BN2O5S. The van der Waals surface area contributed by atoms with Crippen LogP contribution in [0.5, 0.6) is 0 Å². The predicted molar refractivity (Wildman–Crippen MR) is 79.1 cm³/mol. The topological polar surface area (TPSA) is 99.1 Å². The zero-order valence-corrected chi connectivity index (χ0v) is 12.4. The molecule has 0 aromatic carbocycles. The molecule has 9 heteroatoms. The van der Waals surface area contributed by atoms with Crippen LogP contribution in [-0.4, -0.2) is 53.9 Å². The molecule has 0 bridgehead atoms. The zero-order chi connectivity index (χ0) is 15.8. The molecule has 1 rings (SSSR count). The van der Waals surface area contributed by atoms with Crippen molar-refractivity contribution in [2.24, 2.45) is 0 Å². The Bertz CT molecular complexity index is 480. The first kappa shape index (κ1) is 17.4.